The van der Waals surface area contributed by atoms with Crippen LogP contribution in [-0.2, 0) is 19.6 Å². The van der Waals surface area contributed by atoms with Crippen molar-refractivity contribution in [2.24, 2.45) is 0 Å². The van der Waals surface area contributed by atoms with Crippen LogP contribution in [0.4, 0.5) is 14.5 Å². The first-order valence-corrected chi connectivity index (χ1v) is 11.2. The van der Waals surface area contributed by atoms with Gasteiger partial charge in [-0.15, -0.1) is 11.3 Å². The number of benzene rings is 1. The molecule has 12 heteroatoms. The van der Waals surface area contributed by atoms with E-state index in [1.165, 1.54) is 7.11 Å². The second-order valence-corrected chi connectivity index (χ2v) is 9.28. The third kappa shape index (κ3) is 4.83. The van der Waals surface area contributed by atoms with Crippen molar-refractivity contribution in [3.8, 4) is 0 Å². The fourth-order valence-electron chi connectivity index (χ4n) is 2.99. The van der Waals surface area contributed by atoms with Crippen molar-refractivity contribution in [3.63, 3.8) is 0 Å². The number of carbonyl (C=O) groups excluding carboxylic acids is 2. The van der Waals surface area contributed by atoms with E-state index in [-0.39, 0.29) is 43.5 Å². The number of anilines is 1. The maximum absolute atomic E-state index is 13.9. The van der Waals surface area contributed by atoms with Gasteiger partial charge in [0, 0.05) is 26.2 Å². The maximum Gasteiger partial charge on any atom is 0.350 e. The van der Waals surface area contributed by atoms with Crippen LogP contribution in [0.2, 0.25) is 0 Å². The molecule has 1 N–H and O–H groups in total. The molecule has 0 bridgehead atoms. The topological polar surface area (TPSA) is 96.0 Å². The van der Waals surface area contributed by atoms with Gasteiger partial charge in [0.05, 0.1) is 19.3 Å². The molecule has 0 atom stereocenters. The highest BCUT2D eigenvalue weighted by atomic mass is 32.2. The quantitative estimate of drug-likeness (QED) is 0.662. The Labute approximate surface area is 176 Å². The molecule has 0 saturated carbocycles. The van der Waals surface area contributed by atoms with E-state index in [1.807, 2.05) is 0 Å². The summed E-state index contributed by atoms with van der Waals surface area (Å²) in [6.45, 7) is 0.502. The summed E-state index contributed by atoms with van der Waals surface area (Å²) in [4.78, 5) is 25.3. The van der Waals surface area contributed by atoms with Crippen LogP contribution in [0.5, 0.6) is 0 Å². The number of piperazine rings is 1. The Morgan fingerprint density at radius 1 is 1.17 bits per heavy atom. The zero-order valence-corrected chi connectivity index (χ0v) is 17.6. The molecule has 1 fully saturated rings. The van der Waals surface area contributed by atoms with E-state index >= 15 is 0 Å². The number of methoxy groups -OCH3 is 1. The van der Waals surface area contributed by atoms with Crippen LogP contribution in [0.15, 0.2) is 34.5 Å². The number of sulfonamides is 1. The van der Waals surface area contributed by atoms with Crippen LogP contribution < -0.4 is 5.32 Å². The Morgan fingerprint density at radius 3 is 2.53 bits per heavy atom. The van der Waals surface area contributed by atoms with E-state index in [0.29, 0.717) is 11.8 Å². The lowest BCUT2D eigenvalue weighted by Gasteiger charge is -2.33. The summed E-state index contributed by atoms with van der Waals surface area (Å²) in [6, 6.07) is 3.87. The van der Waals surface area contributed by atoms with Crippen LogP contribution in [0, 0.1) is 11.6 Å². The fraction of sp³-hybridized carbons (Fsp3) is 0.333. The minimum atomic E-state index is -4.19. The monoisotopic (exact) mass is 459 g/mol. The van der Waals surface area contributed by atoms with Crippen molar-refractivity contribution in [1.29, 1.82) is 0 Å². The van der Waals surface area contributed by atoms with Crippen LogP contribution in [0.3, 0.4) is 0 Å². The Morgan fingerprint density at radius 2 is 1.87 bits per heavy atom. The van der Waals surface area contributed by atoms with E-state index in [2.05, 4.69) is 10.1 Å². The Balaban J connectivity index is 1.58. The Kier molecular flexibility index (Phi) is 6.81. The summed E-state index contributed by atoms with van der Waals surface area (Å²) >= 11 is 1.14. The van der Waals surface area contributed by atoms with Crippen molar-refractivity contribution in [1.82, 2.24) is 9.21 Å². The molecule has 1 aliphatic rings. The second-order valence-electron chi connectivity index (χ2n) is 6.46. The average Bonchev–Trinajstić information content (AvgIpc) is 3.17. The van der Waals surface area contributed by atoms with E-state index in [4.69, 9.17) is 0 Å². The second kappa shape index (κ2) is 9.16. The van der Waals surface area contributed by atoms with Crippen LogP contribution >= 0.6 is 11.3 Å². The molecule has 1 aliphatic heterocycles. The molecule has 2 heterocycles. The number of nitrogens with zero attached hydrogens (tertiary/aromatic N) is 2. The smallest absolute Gasteiger partial charge is 0.350 e. The van der Waals surface area contributed by atoms with E-state index in [0.717, 1.165) is 27.8 Å². The molecule has 0 spiro atoms. The molecule has 3 rings (SSSR count). The summed E-state index contributed by atoms with van der Waals surface area (Å²) in [5.41, 5.74) is 0.347. The van der Waals surface area contributed by atoms with Crippen molar-refractivity contribution in [3.05, 3.63) is 46.2 Å². The molecule has 162 valence electrons. The molecule has 30 heavy (non-hydrogen) atoms. The molecule has 1 aromatic carbocycles. The average molecular weight is 459 g/mol. The summed E-state index contributed by atoms with van der Waals surface area (Å²) < 4.78 is 58.2. The van der Waals surface area contributed by atoms with E-state index in [9.17, 15) is 26.8 Å². The van der Waals surface area contributed by atoms with Gasteiger partial charge in [0.1, 0.15) is 21.4 Å². The Hall–Kier alpha value is -2.41. The van der Waals surface area contributed by atoms with Crippen molar-refractivity contribution >= 4 is 38.9 Å². The van der Waals surface area contributed by atoms with E-state index < -0.39 is 32.5 Å². The Bertz CT molecular complexity index is 1050. The number of amides is 1. The number of hydrogen-bond acceptors (Lipinski definition) is 7. The van der Waals surface area contributed by atoms with Gasteiger partial charge < -0.3 is 10.1 Å². The van der Waals surface area contributed by atoms with Gasteiger partial charge in [-0.05, 0) is 29.6 Å². The third-order valence-electron chi connectivity index (χ3n) is 4.52. The van der Waals surface area contributed by atoms with Gasteiger partial charge >= 0.3 is 5.97 Å². The molecule has 2 aromatic rings. The first-order valence-electron chi connectivity index (χ1n) is 8.85. The molecule has 1 amide bonds. The normalized spacial score (nSPS) is 15.7. The first kappa shape index (κ1) is 22.3. The van der Waals surface area contributed by atoms with Gasteiger partial charge in [-0.1, -0.05) is 0 Å². The minimum absolute atomic E-state index is 0.0152. The number of nitrogens with one attached hydrogen (secondary N) is 1. The lowest BCUT2D eigenvalue weighted by Crippen LogP contribution is -2.50. The van der Waals surface area contributed by atoms with Crippen molar-refractivity contribution < 1.29 is 31.5 Å². The number of hydrogen-bond donors (Lipinski definition) is 1. The first-order chi connectivity index (χ1) is 14.2. The molecule has 0 unspecified atom stereocenters. The van der Waals surface area contributed by atoms with Gasteiger partial charge in [-0.3, -0.25) is 9.69 Å². The predicted molar refractivity (Wildman–Crippen MR) is 106 cm³/mol. The zero-order valence-electron chi connectivity index (χ0n) is 15.9. The summed E-state index contributed by atoms with van der Waals surface area (Å²) in [7, 11) is -2.94. The van der Waals surface area contributed by atoms with Gasteiger partial charge in [-0.2, -0.15) is 4.31 Å². The number of rotatable bonds is 6. The van der Waals surface area contributed by atoms with Gasteiger partial charge in [0.2, 0.25) is 15.9 Å². The fourth-order valence-corrected chi connectivity index (χ4v) is 5.26. The highest BCUT2D eigenvalue weighted by Gasteiger charge is 2.31. The maximum atomic E-state index is 13.9. The van der Waals surface area contributed by atoms with Crippen molar-refractivity contribution in [2.45, 2.75) is 4.90 Å². The van der Waals surface area contributed by atoms with Crippen LogP contribution in [-0.4, -0.2) is 69.3 Å². The highest BCUT2D eigenvalue weighted by Crippen LogP contribution is 2.24. The summed E-state index contributed by atoms with van der Waals surface area (Å²) in [5, 5.41) is 4.29. The third-order valence-corrected chi connectivity index (χ3v) is 7.33. The molecule has 1 saturated heterocycles. The standard InChI is InChI=1S/C18H19F2N3O5S2/c1-28-18(25)17-14(4-9-29-17)21-16(24)11-22-5-7-23(8-6-22)30(26,27)15-10-12(19)2-3-13(15)20/h2-4,9-10H,5-8,11H2,1H3,(H,21,24). The molecular weight excluding hydrogens is 440 g/mol. The molecular formula is C18H19F2N3O5S2. The van der Waals surface area contributed by atoms with Crippen LogP contribution in [0.25, 0.3) is 0 Å². The van der Waals surface area contributed by atoms with Crippen molar-refractivity contribution in [2.75, 3.05) is 45.2 Å². The molecule has 0 aliphatic carbocycles. The summed E-state index contributed by atoms with van der Waals surface area (Å²) in [5.74, 6) is -2.78. The number of halogens is 2. The van der Waals surface area contributed by atoms with Gasteiger partial charge in [0.25, 0.3) is 0 Å². The predicted octanol–water partition coefficient (Wildman–Crippen LogP) is 1.76. The molecule has 0 radical (unpaired) electrons. The molecule has 8 nitrogen and oxygen atoms in total. The van der Waals surface area contributed by atoms with Gasteiger partial charge in [0.15, 0.2) is 0 Å². The number of esters is 1. The summed E-state index contributed by atoms with van der Waals surface area (Å²) in [6.07, 6.45) is 0. The highest BCUT2D eigenvalue weighted by molar-refractivity contribution is 7.89. The van der Waals surface area contributed by atoms with Crippen LogP contribution in [0.1, 0.15) is 9.67 Å². The molecule has 1 aromatic heterocycles. The number of carbonyl (C=O) groups is 2. The number of ether oxygens (including phenoxy) is 1. The SMILES string of the molecule is COC(=O)c1sccc1NC(=O)CN1CCN(S(=O)(=O)c2cc(F)ccc2F)CC1. The van der Waals surface area contributed by atoms with Gasteiger partial charge in [-0.25, -0.2) is 22.0 Å². The lowest BCUT2D eigenvalue weighted by atomic mass is 10.3. The number of thiophene rings is 1. The minimum Gasteiger partial charge on any atom is -0.465 e. The lowest BCUT2D eigenvalue weighted by molar-refractivity contribution is -0.117. The van der Waals surface area contributed by atoms with E-state index in [1.54, 1.807) is 16.3 Å². The largest absolute Gasteiger partial charge is 0.465 e. The zero-order chi connectivity index (χ0) is 21.9.